The molecule has 3 aromatic rings. The molecule has 0 saturated carbocycles. The number of hydrogen-bond acceptors (Lipinski definition) is 4. The number of furan rings is 1. The summed E-state index contributed by atoms with van der Waals surface area (Å²) >= 11 is 0. The lowest BCUT2D eigenvalue weighted by Crippen LogP contribution is -2.12. The second kappa shape index (κ2) is 6.44. The Bertz CT molecular complexity index is 806. The van der Waals surface area contributed by atoms with Crippen LogP contribution in [0.3, 0.4) is 0 Å². The molecule has 3 rings (SSSR count). The Hall–Kier alpha value is -2.95. The van der Waals surface area contributed by atoms with Gasteiger partial charge in [-0.2, -0.15) is 0 Å². The van der Waals surface area contributed by atoms with Crippen molar-refractivity contribution in [1.29, 1.82) is 0 Å². The van der Waals surface area contributed by atoms with Crippen LogP contribution in [0.25, 0.3) is 11.0 Å². The highest BCUT2D eigenvalue weighted by Crippen LogP contribution is 2.29. The number of nitrogens with one attached hydrogen (secondary N) is 2. The van der Waals surface area contributed by atoms with Gasteiger partial charge in [0.2, 0.25) is 0 Å². The minimum atomic E-state index is -0.310. The highest BCUT2D eigenvalue weighted by molar-refractivity contribution is 6.05. The Morgan fingerprint density at radius 2 is 2.00 bits per heavy atom. The van der Waals surface area contributed by atoms with Crippen LogP contribution in [0.4, 0.5) is 11.4 Å². The van der Waals surface area contributed by atoms with Gasteiger partial charge in [0, 0.05) is 23.7 Å². The van der Waals surface area contributed by atoms with Crippen molar-refractivity contribution in [2.75, 3.05) is 24.3 Å². The van der Waals surface area contributed by atoms with Gasteiger partial charge >= 0.3 is 0 Å². The third-order valence-electron chi connectivity index (χ3n) is 3.48. The molecule has 1 heterocycles. The lowest BCUT2D eigenvalue weighted by molar-refractivity contribution is 0.0998. The van der Waals surface area contributed by atoms with Crippen LogP contribution < -0.4 is 15.4 Å². The van der Waals surface area contributed by atoms with Gasteiger partial charge in [0.15, 0.2) is 5.76 Å². The lowest BCUT2D eigenvalue weighted by atomic mass is 10.2. The molecule has 0 aliphatic heterocycles. The largest absolute Gasteiger partial charge is 0.494 e. The van der Waals surface area contributed by atoms with E-state index in [0.717, 1.165) is 17.6 Å². The predicted octanol–water partition coefficient (Wildman–Crippen LogP) is 4.13. The van der Waals surface area contributed by atoms with Crippen molar-refractivity contribution in [1.82, 2.24) is 0 Å². The molecular formula is C18H18N2O3. The van der Waals surface area contributed by atoms with Crippen molar-refractivity contribution in [2.45, 2.75) is 6.92 Å². The van der Waals surface area contributed by atoms with Gasteiger partial charge in [0.25, 0.3) is 5.91 Å². The van der Waals surface area contributed by atoms with E-state index in [1.165, 1.54) is 0 Å². The highest BCUT2D eigenvalue weighted by Gasteiger charge is 2.14. The van der Waals surface area contributed by atoms with Crippen molar-refractivity contribution in [3.05, 3.63) is 54.3 Å². The average Bonchev–Trinajstić information content (AvgIpc) is 3.00. The van der Waals surface area contributed by atoms with Gasteiger partial charge in [-0.1, -0.05) is 18.2 Å². The van der Waals surface area contributed by atoms with Crippen LogP contribution in [-0.4, -0.2) is 19.6 Å². The predicted molar refractivity (Wildman–Crippen MR) is 91.3 cm³/mol. The minimum absolute atomic E-state index is 0.268. The minimum Gasteiger partial charge on any atom is -0.494 e. The van der Waals surface area contributed by atoms with Crippen LogP contribution in [0.1, 0.15) is 17.5 Å². The van der Waals surface area contributed by atoms with E-state index in [4.69, 9.17) is 9.15 Å². The summed E-state index contributed by atoms with van der Waals surface area (Å²) in [6.07, 6.45) is 0. The van der Waals surface area contributed by atoms with Crippen LogP contribution in [0.2, 0.25) is 0 Å². The van der Waals surface area contributed by atoms with E-state index in [0.29, 0.717) is 17.0 Å². The quantitative estimate of drug-likeness (QED) is 0.744. The third-order valence-corrected chi connectivity index (χ3v) is 3.48. The van der Waals surface area contributed by atoms with E-state index in [2.05, 4.69) is 10.6 Å². The number of rotatable bonds is 5. The summed E-state index contributed by atoms with van der Waals surface area (Å²) in [7, 11) is 1.57. The van der Waals surface area contributed by atoms with Crippen LogP contribution >= 0.6 is 0 Å². The molecule has 0 fully saturated rings. The van der Waals surface area contributed by atoms with Gasteiger partial charge < -0.3 is 19.8 Å². The fourth-order valence-electron chi connectivity index (χ4n) is 2.39. The summed E-state index contributed by atoms with van der Waals surface area (Å²) in [6.45, 7) is 2.83. The molecule has 0 atom stereocenters. The van der Waals surface area contributed by atoms with E-state index in [-0.39, 0.29) is 11.7 Å². The normalized spacial score (nSPS) is 10.5. The molecule has 5 nitrogen and oxygen atoms in total. The molecule has 2 N–H and O–H groups in total. The molecule has 0 saturated heterocycles. The monoisotopic (exact) mass is 310 g/mol. The molecule has 118 valence electrons. The number of carbonyl (C=O) groups excluding carboxylic acids is 1. The number of carbonyl (C=O) groups is 1. The Labute approximate surface area is 134 Å². The van der Waals surface area contributed by atoms with Crippen molar-refractivity contribution >= 4 is 28.3 Å². The van der Waals surface area contributed by atoms with Gasteiger partial charge in [0.05, 0.1) is 12.8 Å². The fraction of sp³-hybridized carbons (Fsp3) is 0.167. The Balaban J connectivity index is 1.84. The number of amides is 1. The summed E-state index contributed by atoms with van der Waals surface area (Å²) < 4.78 is 10.9. The first-order chi connectivity index (χ1) is 11.2. The third kappa shape index (κ3) is 3.13. The van der Waals surface area contributed by atoms with E-state index in [1.807, 2.05) is 43.3 Å². The molecule has 0 radical (unpaired) electrons. The van der Waals surface area contributed by atoms with Crippen molar-refractivity contribution < 1.29 is 13.9 Å². The standard InChI is InChI=1S/C18H18N2O3/c1-3-19-13-8-9-14(16(11-13)22-2)20-18(21)17-10-12-6-4-5-7-15(12)23-17/h4-11,19H,3H2,1-2H3,(H,20,21). The van der Waals surface area contributed by atoms with Crippen LogP contribution in [0, 0.1) is 0 Å². The number of fused-ring (bicyclic) bond motifs is 1. The highest BCUT2D eigenvalue weighted by atomic mass is 16.5. The Kier molecular flexibility index (Phi) is 4.19. The number of anilines is 2. The summed E-state index contributed by atoms with van der Waals surface area (Å²) in [4.78, 5) is 12.4. The molecule has 1 aromatic heterocycles. The second-order valence-electron chi connectivity index (χ2n) is 5.05. The van der Waals surface area contributed by atoms with Crippen LogP contribution in [-0.2, 0) is 0 Å². The molecule has 0 unspecified atom stereocenters. The molecule has 0 aliphatic carbocycles. The Morgan fingerprint density at radius 1 is 1.17 bits per heavy atom. The smallest absolute Gasteiger partial charge is 0.291 e. The average molecular weight is 310 g/mol. The van der Waals surface area contributed by atoms with Crippen LogP contribution in [0.5, 0.6) is 5.75 Å². The molecule has 23 heavy (non-hydrogen) atoms. The SMILES string of the molecule is CCNc1ccc(NC(=O)c2cc3ccccc3o2)c(OC)c1. The van der Waals surface area contributed by atoms with E-state index in [1.54, 1.807) is 19.2 Å². The number of para-hydroxylation sites is 1. The first kappa shape index (κ1) is 15.0. The molecule has 5 heteroatoms. The summed E-state index contributed by atoms with van der Waals surface area (Å²) in [5.41, 5.74) is 2.22. The molecule has 0 aliphatic rings. The topological polar surface area (TPSA) is 63.5 Å². The molecule has 0 bridgehead atoms. The number of benzene rings is 2. The first-order valence-corrected chi connectivity index (χ1v) is 7.43. The summed E-state index contributed by atoms with van der Waals surface area (Å²) in [5, 5.41) is 6.92. The van der Waals surface area contributed by atoms with E-state index in [9.17, 15) is 4.79 Å². The zero-order valence-corrected chi connectivity index (χ0v) is 13.1. The lowest BCUT2D eigenvalue weighted by Gasteiger charge is -2.11. The van der Waals surface area contributed by atoms with Gasteiger partial charge in [-0.25, -0.2) is 0 Å². The van der Waals surface area contributed by atoms with Gasteiger partial charge in [0.1, 0.15) is 11.3 Å². The number of ether oxygens (including phenoxy) is 1. The number of methoxy groups -OCH3 is 1. The van der Waals surface area contributed by atoms with Gasteiger partial charge in [-0.05, 0) is 31.2 Å². The van der Waals surface area contributed by atoms with Gasteiger partial charge in [-0.15, -0.1) is 0 Å². The maximum absolute atomic E-state index is 12.4. The maximum atomic E-state index is 12.4. The first-order valence-electron chi connectivity index (χ1n) is 7.43. The Morgan fingerprint density at radius 3 is 2.74 bits per heavy atom. The van der Waals surface area contributed by atoms with E-state index >= 15 is 0 Å². The fourth-order valence-corrected chi connectivity index (χ4v) is 2.39. The molecular weight excluding hydrogens is 292 g/mol. The molecule has 0 spiro atoms. The molecule has 1 amide bonds. The van der Waals surface area contributed by atoms with Crippen molar-refractivity contribution in [3.63, 3.8) is 0 Å². The van der Waals surface area contributed by atoms with Crippen molar-refractivity contribution in [3.8, 4) is 5.75 Å². The molecule has 2 aromatic carbocycles. The maximum Gasteiger partial charge on any atom is 0.291 e. The second-order valence-corrected chi connectivity index (χ2v) is 5.05. The van der Waals surface area contributed by atoms with Crippen molar-refractivity contribution in [2.24, 2.45) is 0 Å². The zero-order valence-electron chi connectivity index (χ0n) is 13.1. The summed E-state index contributed by atoms with van der Waals surface area (Å²) in [5.74, 6) is 0.549. The summed E-state index contributed by atoms with van der Waals surface area (Å²) in [6, 6.07) is 14.8. The number of hydrogen-bond donors (Lipinski definition) is 2. The van der Waals surface area contributed by atoms with Crippen LogP contribution in [0.15, 0.2) is 52.9 Å². The van der Waals surface area contributed by atoms with Gasteiger partial charge in [-0.3, -0.25) is 4.79 Å². The van der Waals surface area contributed by atoms with E-state index < -0.39 is 0 Å². The zero-order chi connectivity index (χ0) is 16.2.